The van der Waals surface area contributed by atoms with Gasteiger partial charge in [0.2, 0.25) is 5.95 Å². The van der Waals surface area contributed by atoms with Crippen molar-refractivity contribution in [3.63, 3.8) is 0 Å². The summed E-state index contributed by atoms with van der Waals surface area (Å²) < 4.78 is 11.3. The molecule has 2 aromatic carbocycles. The highest BCUT2D eigenvalue weighted by atomic mass is 16.5. The van der Waals surface area contributed by atoms with Crippen LogP contribution in [0.4, 0.5) is 17.6 Å². The van der Waals surface area contributed by atoms with E-state index in [9.17, 15) is 0 Å². The molecule has 6 N–H and O–H groups in total. The number of rotatable bonds is 5. The molecule has 1 aliphatic heterocycles. The lowest BCUT2D eigenvalue weighted by molar-refractivity contribution is 0.0343. The van der Waals surface area contributed by atoms with Crippen LogP contribution in [0.3, 0.4) is 0 Å². The predicted octanol–water partition coefficient (Wildman–Crippen LogP) is 3.16. The number of ether oxygens (including phenoxy) is 2. The molecule has 0 saturated carbocycles. The number of hydrogen-bond donors (Lipinski definition) is 4. The van der Waals surface area contributed by atoms with E-state index in [1.165, 1.54) is 0 Å². The predicted molar refractivity (Wildman–Crippen MR) is 137 cm³/mol. The fourth-order valence-corrected chi connectivity index (χ4v) is 4.40. The minimum atomic E-state index is -0.241. The van der Waals surface area contributed by atoms with Crippen molar-refractivity contribution in [2.75, 3.05) is 43.2 Å². The monoisotopic (exact) mass is 483 g/mol. The molecule has 6 rings (SSSR count). The van der Waals surface area contributed by atoms with Crippen LogP contribution < -0.4 is 21.1 Å². The fraction of sp³-hybridized carbons (Fsp3) is 0.200. The van der Waals surface area contributed by atoms with E-state index < -0.39 is 0 Å². The number of aromatic amines is 2. The Morgan fingerprint density at radius 2 is 1.83 bits per heavy atom. The molecule has 3 aromatic heterocycles. The lowest BCUT2D eigenvalue weighted by Crippen LogP contribution is -2.39. The molecule has 11 heteroatoms. The normalized spacial score (nSPS) is 15.9. The number of benzene rings is 2. The average molecular weight is 484 g/mol. The number of aromatic nitrogens is 6. The second kappa shape index (κ2) is 8.86. The highest BCUT2D eigenvalue weighted by molar-refractivity contribution is 5.91. The van der Waals surface area contributed by atoms with Gasteiger partial charge in [-0.1, -0.05) is 6.07 Å². The van der Waals surface area contributed by atoms with Gasteiger partial charge in [-0.05, 0) is 36.4 Å². The average Bonchev–Trinajstić information content (AvgIpc) is 3.56. The van der Waals surface area contributed by atoms with Crippen LogP contribution in [0.1, 0.15) is 11.9 Å². The van der Waals surface area contributed by atoms with E-state index >= 15 is 0 Å². The number of H-pyrrole nitrogens is 2. The molecule has 11 nitrogen and oxygen atoms in total. The standard InChI is InChI=1S/C25H25N9O2/c1-35-16-5-2-14(3-6-16)20-12-28-24(29-20)21-13-34(8-9-36-21)22-11-18(30-25(27)31-22)15-4-7-17-19(10-15)32-33-23(17)26/h2-7,10-12,21H,8-9,13H2,1H3,(H,28,29)(H3,26,32,33)(H2,27,30,31). The first-order chi connectivity index (χ1) is 17.6. The number of hydrogen-bond acceptors (Lipinski definition) is 9. The summed E-state index contributed by atoms with van der Waals surface area (Å²) in [5.74, 6) is 2.96. The number of nitrogen functional groups attached to an aromatic ring is 2. The Kier molecular flexibility index (Phi) is 5.38. The molecule has 1 saturated heterocycles. The summed E-state index contributed by atoms with van der Waals surface area (Å²) in [4.78, 5) is 19.1. The molecule has 0 bridgehead atoms. The van der Waals surface area contributed by atoms with Gasteiger partial charge in [-0.3, -0.25) is 5.10 Å². The summed E-state index contributed by atoms with van der Waals surface area (Å²) in [6.45, 7) is 1.78. The number of nitrogens with zero attached hydrogens (tertiary/aromatic N) is 5. The Hall–Kier alpha value is -4.64. The highest BCUT2D eigenvalue weighted by Gasteiger charge is 2.26. The third kappa shape index (κ3) is 4.05. The molecule has 1 aliphatic rings. The van der Waals surface area contributed by atoms with Crippen LogP contribution in [0.2, 0.25) is 0 Å². The molecule has 182 valence electrons. The van der Waals surface area contributed by atoms with Gasteiger partial charge in [0.05, 0.1) is 37.2 Å². The van der Waals surface area contributed by atoms with Crippen molar-refractivity contribution in [2.45, 2.75) is 6.10 Å². The van der Waals surface area contributed by atoms with Crippen LogP contribution in [0.15, 0.2) is 54.7 Å². The van der Waals surface area contributed by atoms with Gasteiger partial charge in [0.25, 0.3) is 0 Å². The highest BCUT2D eigenvalue weighted by Crippen LogP contribution is 2.30. The lowest BCUT2D eigenvalue weighted by Gasteiger charge is -2.33. The minimum absolute atomic E-state index is 0.203. The Balaban J connectivity index is 1.24. The van der Waals surface area contributed by atoms with Crippen molar-refractivity contribution in [2.24, 2.45) is 0 Å². The molecule has 0 spiro atoms. The van der Waals surface area contributed by atoms with E-state index in [2.05, 4.69) is 30.0 Å². The fourth-order valence-electron chi connectivity index (χ4n) is 4.40. The zero-order valence-corrected chi connectivity index (χ0v) is 19.6. The van der Waals surface area contributed by atoms with Gasteiger partial charge < -0.3 is 30.8 Å². The van der Waals surface area contributed by atoms with Gasteiger partial charge in [-0.25, -0.2) is 9.97 Å². The molecule has 4 heterocycles. The van der Waals surface area contributed by atoms with Crippen LogP contribution in [0.25, 0.3) is 33.4 Å². The van der Waals surface area contributed by atoms with Gasteiger partial charge in [0.15, 0.2) is 5.82 Å². The molecule has 0 aliphatic carbocycles. The molecule has 36 heavy (non-hydrogen) atoms. The number of anilines is 3. The molecule has 1 fully saturated rings. The van der Waals surface area contributed by atoms with Crippen molar-refractivity contribution >= 4 is 28.5 Å². The minimum Gasteiger partial charge on any atom is -0.497 e. The van der Waals surface area contributed by atoms with Crippen molar-refractivity contribution in [3.05, 3.63) is 60.6 Å². The molecule has 5 aromatic rings. The van der Waals surface area contributed by atoms with Crippen LogP contribution >= 0.6 is 0 Å². The number of methoxy groups -OCH3 is 1. The topological polar surface area (TPSA) is 157 Å². The summed E-state index contributed by atoms with van der Waals surface area (Å²) in [5, 5.41) is 7.87. The molecular weight excluding hydrogens is 458 g/mol. The summed E-state index contributed by atoms with van der Waals surface area (Å²) in [6, 6.07) is 15.5. The zero-order chi connectivity index (χ0) is 24.6. The van der Waals surface area contributed by atoms with E-state index in [1.807, 2.05) is 54.7 Å². The first-order valence-corrected chi connectivity index (χ1v) is 11.5. The van der Waals surface area contributed by atoms with Crippen LogP contribution in [-0.2, 0) is 4.74 Å². The van der Waals surface area contributed by atoms with Gasteiger partial charge in [0.1, 0.15) is 23.5 Å². The zero-order valence-electron chi connectivity index (χ0n) is 19.6. The molecular formula is C25H25N9O2. The number of morpholine rings is 1. The Morgan fingerprint density at radius 3 is 2.67 bits per heavy atom. The van der Waals surface area contributed by atoms with Crippen molar-refractivity contribution in [3.8, 4) is 28.3 Å². The van der Waals surface area contributed by atoms with Crippen LogP contribution in [0.5, 0.6) is 5.75 Å². The second-order valence-corrected chi connectivity index (χ2v) is 8.54. The van der Waals surface area contributed by atoms with Crippen molar-refractivity contribution in [1.29, 1.82) is 0 Å². The number of imidazole rings is 1. The smallest absolute Gasteiger partial charge is 0.222 e. The van der Waals surface area contributed by atoms with E-state index in [4.69, 9.17) is 25.9 Å². The van der Waals surface area contributed by atoms with E-state index in [1.54, 1.807) is 7.11 Å². The summed E-state index contributed by atoms with van der Waals surface area (Å²) in [7, 11) is 1.65. The molecule has 1 atom stereocenters. The molecule has 0 radical (unpaired) electrons. The summed E-state index contributed by atoms with van der Waals surface area (Å²) in [5.41, 5.74) is 16.3. The first-order valence-electron chi connectivity index (χ1n) is 11.5. The maximum absolute atomic E-state index is 6.11. The largest absolute Gasteiger partial charge is 0.497 e. The van der Waals surface area contributed by atoms with E-state index in [0.29, 0.717) is 25.5 Å². The third-order valence-electron chi connectivity index (χ3n) is 6.30. The maximum Gasteiger partial charge on any atom is 0.222 e. The van der Waals surface area contributed by atoms with Crippen molar-refractivity contribution in [1.82, 2.24) is 30.1 Å². The lowest BCUT2D eigenvalue weighted by atomic mass is 10.1. The van der Waals surface area contributed by atoms with Gasteiger partial charge in [-0.2, -0.15) is 10.1 Å². The first kappa shape index (κ1) is 21.9. The number of nitrogens with two attached hydrogens (primary N) is 2. The van der Waals surface area contributed by atoms with Crippen molar-refractivity contribution < 1.29 is 9.47 Å². The van der Waals surface area contributed by atoms with E-state index in [-0.39, 0.29) is 12.1 Å². The Labute approximate surface area is 206 Å². The van der Waals surface area contributed by atoms with Crippen LogP contribution in [0, 0.1) is 0 Å². The van der Waals surface area contributed by atoms with Crippen LogP contribution in [-0.4, -0.2) is 56.9 Å². The van der Waals surface area contributed by atoms with Gasteiger partial charge in [0, 0.05) is 35.3 Å². The summed E-state index contributed by atoms with van der Waals surface area (Å²) >= 11 is 0. The van der Waals surface area contributed by atoms with Gasteiger partial charge in [-0.15, -0.1) is 0 Å². The molecule has 0 amide bonds. The molecule has 1 unspecified atom stereocenters. The number of fused-ring (bicyclic) bond motifs is 1. The SMILES string of the molecule is COc1ccc(-c2c[nH]c(C3CN(c4cc(-c5ccc6c(N)n[nH]c6c5)nc(N)n4)CCO3)n2)cc1. The second-order valence-electron chi connectivity index (χ2n) is 8.54. The maximum atomic E-state index is 6.11. The number of nitrogens with one attached hydrogen (secondary N) is 2. The van der Waals surface area contributed by atoms with E-state index in [0.717, 1.165) is 50.8 Å². The quantitative estimate of drug-likeness (QED) is 0.295. The van der Waals surface area contributed by atoms with Gasteiger partial charge >= 0.3 is 0 Å². The Morgan fingerprint density at radius 1 is 1.00 bits per heavy atom. The third-order valence-corrected chi connectivity index (χ3v) is 6.30. The summed E-state index contributed by atoms with van der Waals surface area (Å²) in [6.07, 6.45) is 1.65. The Bertz CT molecular complexity index is 1530.